The highest BCUT2D eigenvalue weighted by Gasteiger charge is 2.54. The lowest BCUT2D eigenvalue weighted by molar-refractivity contribution is -0.300. The maximum Gasteiger partial charge on any atom is 0.378 e. The molecule has 2 aliphatic heterocycles. The zero-order valence-electron chi connectivity index (χ0n) is 22.0. The van der Waals surface area contributed by atoms with Crippen LogP contribution in [-0.2, 0) is 57.1 Å². The molecule has 35 heavy (non-hydrogen) atoms. The minimum atomic E-state index is -2.04. The third-order valence-electron chi connectivity index (χ3n) is 4.49. The predicted octanol–water partition coefficient (Wildman–Crippen LogP) is -1.87. The van der Waals surface area contributed by atoms with Crippen molar-refractivity contribution in [3.8, 4) is 0 Å². The van der Waals surface area contributed by atoms with Gasteiger partial charge in [0.2, 0.25) is 18.2 Å². The van der Waals surface area contributed by atoms with Gasteiger partial charge in [0, 0.05) is 33.1 Å². The summed E-state index contributed by atoms with van der Waals surface area (Å²) in [5, 5.41) is 29.2. The molecule has 1 fully saturated rings. The molecule has 0 saturated carbocycles. The Bertz CT molecular complexity index is 959. The number of hydrogen-bond acceptors (Lipinski definition) is 15. The first-order valence-electron chi connectivity index (χ1n) is 12.5. The number of ether oxygens (including phenoxy) is 7. The van der Waals surface area contributed by atoms with Crippen molar-refractivity contribution in [1.82, 2.24) is 0 Å². The van der Waals surface area contributed by atoms with E-state index < -0.39 is 125 Å². The molecule has 1 saturated heterocycles. The van der Waals surface area contributed by atoms with Gasteiger partial charge in [-0.05, 0) is 0 Å². The van der Waals surface area contributed by atoms with E-state index in [1.807, 2.05) is 0 Å². The van der Waals surface area contributed by atoms with E-state index in [0.717, 1.165) is 0 Å². The van der Waals surface area contributed by atoms with Crippen molar-refractivity contribution in [2.75, 3.05) is 13.2 Å². The minimum absolute atomic E-state index is 0.789. The summed E-state index contributed by atoms with van der Waals surface area (Å²) >= 11 is 0. The Labute approximate surface area is 204 Å². The van der Waals surface area contributed by atoms with E-state index in [9.17, 15) is 34.2 Å². The summed E-state index contributed by atoms with van der Waals surface area (Å²) in [6.45, 7) is -5.44. The normalized spacial score (nSPS) is 30.5. The number of aliphatic hydroxyl groups excluding tert-OH is 3. The second-order valence-corrected chi connectivity index (χ2v) is 7.00. The summed E-state index contributed by atoms with van der Waals surface area (Å²) in [5.41, 5.74) is 0. The molecular weight excluding hydrogens is 480 g/mol. The lowest BCUT2D eigenvalue weighted by Crippen LogP contribution is -2.63. The van der Waals surface area contributed by atoms with Crippen LogP contribution >= 0.6 is 0 Å². The largest absolute Gasteiger partial charge is 0.505 e. The topological polar surface area (TPSA) is 211 Å². The fraction of sp³-hybridized carbons (Fsp3) is 0.650. The molecule has 7 atom stereocenters. The monoisotopic (exact) mass is 510 g/mol. The number of hydrogen-bond donors (Lipinski definition) is 3. The van der Waals surface area contributed by atoms with Crippen LogP contribution in [0.5, 0.6) is 0 Å². The van der Waals surface area contributed by atoms with Gasteiger partial charge in [-0.3, -0.25) is 19.2 Å². The van der Waals surface area contributed by atoms with E-state index in [-0.39, 0.29) is 0 Å². The van der Waals surface area contributed by atoms with E-state index in [1.54, 1.807) is 0 Å². The fourth-order valence-electron chi connectivity index (χ4n) is 3.18. The first kappa shape index (κ1) is 22.1. The van der Waals surface area contributed by atoms with Crippen LogP contribution in [0.1, 0.15) is 33.1 Å². The van der Waals surface area contributed by atoms with E-state index in [1.165, 1.54) is 0 Å². The van der Waals surface area contributed by atoms with Crippen LogP contribution in [0.15, 0.2) is 11.5 Å². The summed E-state index contributed by atoms with van der Waals surface area (Å²) in [6, 6.07) is 0. The van der Waals surface area contributed by atoms with E-state index in [2.05, 4.69) is 0 Å². The number of rotatable bonds is 9. The van der Waals surface area contributed by atoms with Gasteiger partial charge in [-0.25, -0.2) is 4.79 Å². The number of carbonyl (C=O) groups is 5. The molecule has 0 spiro atoms. The van der Waals surface area contributed by atoms with Crippen molar-refractivity contribution in [2.45, 2.75) is 70.5 Å². The Balaban J connectivity index is 2.56. The summed E-state index contributed by atoms with van der Waals surface area (Å²) in [6.07, 6.45) is -12.8. The van der Waals surface area contributed by atoms with E-state index in [4.69, 9.17) is 43.7 Å². The van der Waals surface area contributed by atoms with E-state index in [0.29, 0.717) is 0 Å². The van der Waals surface area contributed by atoms with Crippen LogP contribution in [0.25, 0.3) is 0 Å². The first-order chi connectivity index (χ1) is 18.5. The SMILES string of the molecule is [2H]CC(=O)OC[C@H]1OC(OC2=C(O)[C@@H]([C@@H](O)CO)OC2=O)[C@H](OC(=O)C[2H])[C@@H](OC(=O)C[2H])[C@@H]1OC(=O)C[2H]. The van der Waals surface area contributed by atoms with Gasteiger partial charge >= 0.3 is 29.8 Å². The van der Waals surface area contributed by atoms with Crippen LogP contribution in [-0.4, -0.2) is 101 Å². The van der Waals surface area contributed by atoms with E-state index >= 15 is 0 Å². The molecule has 3 N–H and O–H groups in total. The van der Waals surface area contributed by atoms with Crippen molar-refractivity contribution < 1.29 is 77.9 Å². The molecule has 15 nitrogen and oxygen atoms in total. The molecule has 0 radical (unpaired) electrons. The second kappa shape index (κ2) is 11.8. The molecule has 2 rings (SSSR count). The standard InChI is InChI=1S/C20H26O15/c1-7(22)29-6-12-15(30-8(2)23)17(31-9(3)24)18(32-10(4)25)20(33-12)35-16-13(27)14(11(26)5-21)34-19(16)28/h11-12,14-15,17-18,20-21,26-27H,5-6H2,1-4H3/t11-,12+,14+,15+,17-,18+,20?/m0/s1/i1D,2D,3D,4D. The lowest BCUT2D eigenvalue weighted by atomic mass is 9.98. The van der Waals surface area contributed by atoms with Gasteiger partial charge in [-0.15, -0.1) is 0 Å². The van der Waals surface area contributed by atoms with Gasteiger partial charge in [0.15, 0.2) is 24.1 Å². The summed E-state index contributed by atoms with van der Waals surface area (Å²) < 4.78 is 64.6. The summed E-state index contributed by atoms with van der Waals surface area (Å²) in [5.74, 6) is -8.11. The summed E-state index contributed by atoms with van der Waals surface area (Å²) in [4.78, 5) is 60.0. The molecule has 196 valence electrons. The maximum absolute atomic E-state index is 12.3. The lowest BCUT2D eigenvalue weighted by Gasteiger charge is -2.43. The Morgan fingerprint density at radius 1 is 0.971 bits per heavy atom. The van der Waals surface area contributed by atoms with Crippen LogP contribution < -0.4 is 0 Å². The van der Waals surface area contributed by atoms with Crippen molar-refractivity contribution >= 4 is 29.8 Å². The first-order valence-corrected chi connectivity index (χ1v) is 9.67. The second-order valence-electron chi connectivity index (χ2n) is 7.00. The molecule has 0 amide bonds. The van der Waals surface area contributed by atoms with Crippen molar-refractivity contribution in [2.24, 2.45) is 0 Å². The molecule has 0 aliphatic carbocycles. The Morgan fingerprint density at radius 3 is 2.11 bits per heavy atom. The Kier molecular flexibility index (Phi) is 7.45. The zero-order valence-corrected chi connectivity index (χ0v) is 18.0. The third-order valence-corrected chi connectivity index (χ3v) is 4.49. The Hall–Kier alpha value is -3.43. The Morgan fingerprint density at radius 2 is 1.54 bits per heavy atom. The minimum Gasteiger partial charge on any atom is -0.505 e. The average Bonchev–Trinajstić information content (AvgIpc) is 3.21. The van der Waals surface area contributed by atoms with Crippen molar-refractivity contribution in [3.05, 3.63) is 11.5 Å². The number of esters is 5. The van der Waals surface area contributed by atoms with Crippen LogP contribution in [0.4, 0.5) is 0 Å². The molecule has 0 aromatic carbocycles. The maximum atomic E-state index is 12.3. The summed E-state index contributed by atoms with van der Waals surface area (Å²) in [7, 11) is 0. The molecule has 0 bridgehead atoms. The van der Waals surface area contributed by atoms with Gasteiger partial charge in [0.1, 0.15) is 18.8 Å². The fourth-order valence-corrected chi connectivity index (χ4v) is 3.18. The van der Waals surface area contributed by atoms with Crippen LogP contribution in [0, 0.1) is 0 Å². The molecular formula is C20H26O15. The quantitative estimate of drug-likeness (QED) is 0.229. The number of cyclic esters (lactones) is 1. The van der Waals surface area contributed by atoms with Crippen LogP contribution in [0.3, 0.4) is 0 Å². The van der Waals surface area contributed by atoms with Crippen molar-refractivity contribution in [1.29, 1.82) is 0 Å². The zero-order chi connectivity index (χ0) is 29.3. The predicted molar refractivity (Wildman–Crippen MR) is 106 cm³/mol. The molecule has 0 aromatic rings. The molecule has 15 heteroatoms. The highest BCUT2D eigenvalue weighted by molar-refractivity contribution is 5.89. The molecule has 1 unspecified atom stereocenters. The highest BCUT2D eigenvalue weighted by Crippen LogP contribution is 2.33. The highest BCUT2D eigenvalue weighted by atomic mass is 16.7. The molecule has 0 aromatic heterocycles. The van der Waals surface area contributed by atoms with Crippen LogP contribution in [0.2, 0.25) is 0 Å². The van der Waals surface area contributed by atoms with Gasteiger partial charge in [-0.1, -0.05) is 0 Å². The molecule has 2 aliphatic rings. The van der Waals surface area contributed by atoms with Gasteiger partial charge in [-0.2, -0.15) is 0 Å². The third kappa shape index (κ3) is 7.03. The van der Waals surface area contributed by atoms with Gasteiger partial charge in [0.05, 0.1) is 6.61 Å². The molecule has 2 heterocycles. The average molecular weight is 510 g/mol. The van der Waals surface area contributed by atoms with Gasteiger partial charge < -0.3 is 48.5 Å². The smallest absolute Gasteiger partial charge is 0.378 e. The van der Waals surface area contributed by atoms with Gasteiger partial charge in [0.25, 0.3) is 0 Å². The van der Waals surface area contributed by atoms with Crippen molar-refractivity contribution in [3.63, 3.8) is 0 Å². The number of carbonyl (C=O) groups excluding carboxylic acids is 5. The number of aliphatic hydroxyl groups is 3.